The van der Waals surface area contributed by atoms with Gasteiger partial charge in [-0.05, 0) is 83.4 Å². The number of nitrogens with zero attached hydrogens (tertiary/aromatic N) is 2. The zero-order valence-corrected chi connectivity index (χ0v) is 18.2. The van der Waals surface area contributed by atoms with E-state index >= 15 is 0 Å². The molecule has 0 radical (unpaired) electrons. The molecule has 0 unspecified atom stereocenters. The van der Waals surface area contributed by atoms with Crippen LogP contribution in [0.1, 0.15) is 33.1 Å². The number of sulfonamides is 1. The van der Waals surface area contributed by atoms with Crippen LogP contribution in [0, 0.1) is 5.92 Å². The molecule has 1 aliphatic rings. The smallest absolute Gasteiger partial charge is 0.243 e. The number of rotatable bonds is 9. The molecule has 2 rings (SSSR count). The Morgan fingerprint density at radius 3 is 2.43 bits per heavy atom. The minimum Gasteiger partial charge on any atom is -0.494 e. The van der Waals surface area contributed by atoms with Crippen LogP contribution in [-0.2, 0) is 14.8 Å². The lowest BCUT2D eigenvalue weighted by atomic mass is 9.94. The summed E-state index contributed by atoms with van der Waals surface area (Å²) in [5.41, 5.74) is 0.448. The lowest BCUT2D eigenvalue weighted by molar-refractivity contribution is -0.121. The molecular formula is C20H33N3O4S. The maximum atomic E-state index is 12.6. The van der Waals surface area contributed by atoms with Crippen molar-refractivity contribution in [3.63, 3.8) is 0 Å². The minimum absolute atomic E-state index is 0.285. The quantitative estimate of drug-likeness (QED) is 0.673. The van der Waals surface area contributed by atoms with Crippen molar-refractivity contribution in [3.05, 3.63) is 24.3 Å². The van der Waals surface area contributed by atoms with Crippen molar-refractivity contribution in [1.29, 1.82) is 0 Å². The van der Waals surface area contributed by atoms with Crippen molar-refractivity contribution < 1.29 is 17.9 Å². The highest BCUT2D eigenvalue weighted by atomic mass is 32.2. The molecule has 0 bridgehead atoms. The summed E-state index contributed by atoms with van der Waals surface area (Å²) < 4.78 is 31.3. The summed E-state index contributed by atoms with van der Waals surface area (Å²) in [6.07, 6.45) is 4.33. The number of likely N-dealkylation sites (tertiary alicyclic amines) is 1. The second kappa shape index (κ2) is 10.1. The van der Waals surface area contributed by atoms with E-state index in [9.17, 15) is 13.2 Å². The lowest BCUT2D eigenvalue weighted by Gasteiger charge is -2.30. The van der Waals surface area contributed by atoms with E-state index in [1.165, 1.54) is 0 Å². The monoisotopic (exact) mass is 411 g/mol. The van der Waals surface area contributed by atoms with Crippen molar-refractivity contribution in [3.8, 4) is 5.75 Å². The van der Waals surface area contributed by atoms with Crippen LogP contribution in [-0.4, -0.2) is 64.8 Å². The van der Waals surface area contributed by atoms with Gasteiger partial charge < -0.3 is 15.0 Å². The van der Waals surface area contributed by atoms with Gasteiger partial charge in [0.1, 0.15) is 11.8 Å². The number of ether oxygens (including phenoxy) is 1. The van der Waals surface area contributed by atoms with Crippen LogP contribution in [0.4, 0.5) is 5.69 Å². The summed E-state index contributed by atoms with van der Waals surface area (Å²) in [6.45, 7) is 6.78. The van der Waals surface area contributed by atoms with Crippen molar-refractivity contribution in [2.24, 2.45) is 5.92 Å². The van der Waals surface area contributed by atoms with Gasteiger partial charge in [-0.2, -0.15) is 0 Å². The van der Waals surface area contributed by atoms with Gasteiger partial charge in [0.25, 0.3) is 0 Å². The van der Waals surface area contributed by atoms with Crippen LogP contribution in [0.25, 0.3) is 0 Å². The van der Waals surface area contributed by atoms with Gasteiger partial charge in [-0.15, -0.1) is 0 Å². The molecule has 1 atom stereocenters. The molecule has 1 aromatic carbocycles. The molecule has 0 spiro atoms. The maximum Gasteiger partial charge on any atom is 0.243 e. The number of nitrogens with one attached hydrogen (secondary N) is 1. The Morgan fingerprint density at radius 2 is 1.89 bits per heavy atom. The summed E-state index contributed by atoms with van der Waals surface area (Å²) in [7, 11) is -1.49. The zero-order chi connectivity index (χ0) is 20.7. The third-order valence-electron chi connectivity index (χ3n) is 5.18. The normalized spacial score (nSPS) is 17.1. The first-order chi connectivity index (χ1) is 13.2. The number of anilines is 1. The summed E-state index contributed by atoms with van der Waals surface area (Å²) in [4.78, 5) is 14.9. The molecule has 7 nitrogen and oxygen atoms in total. The average Bonchev–Trinajstić information content (AvgIpc) is 2.64. The fraction of sp³-hybridized carbons (Fsp3) is 0.650. The Kier molecular flexibility index (Phi) is 8.12. The van der Waals surface area contributed by atoms with E-state index in [1.54, 1.807) is 31.2 Å². The van der Waals surface area contributed by atoms with Gasteiger partial charge in [-0.1, -0.05) is 0 Å². The Hall–Kier alpha value is -1.80. The third kappa shape index (κ3) is 6.38. The van der Waals surface area contributed by atoms with Gasteiger partial charge in [0.2, 0.25) is 15.9 Å². The molecule has 1 aromatic rings. The van der Waals surface area contributed by atoms with Gasteiger partial charge in [0, 0.05) is 6.54 Å². The Morgan fingerprint density at radius 1 is 1.29 bits per heavy atom. The Balaban J connectivity index is 1.98. The van der Waals surface area contributed by atoms with E-state index < -0.39 is 16.1 Å². The highest BCUT2D eigenvalue weighted by Crippen LogP contribution is 2.24. The SMILES string of the molecule is CCOc1ccc(N([C@@H](C)C(=O)NCCC2CCN(C)CC2)S(C)(=O)=O)cc1. The Bertz CT molecular complexity index is 728. The van der Waals surface area contributed by atoms with Gasteiger partial charge >= 0.3 is 0 Å². The molecule has 28 heavy (non-hydrogen) atoms. The molecule has 1 N–H and O–H groups in total. The van der Waals surface area contributed by atoms with E-state index in [1.807, 2.05) is 6.92 Å². The minimum atomic E-state index is -3.61. The van der Waals surface area contributed by atoms with E-state index in [-0.39, 0.29) is 5.91 Å². The van der Waals surface area contributed by atoms with E-state index in [2.05, 4.69) is 17.3 Å². The van der Waals surface area contributed by atoms with Gasteiger partial charge in [0.05, 0.1) is 18.6 Å². The second-order valence-corrected chi connectivity index (χ2v) is 9.35. The molecule has 1 amide bonds. The predicted molar refractivity (Wildman–Crippen MR) is 112 cm³/mol. The number of carbonyl (C=O) groups excluding carboxylic acids is 1. The number of benzene rings is 1. The van der Waals surface area contributed by atoms with Crippen LogP contribution in [0.15, 0.2) is 24.3 Å². The van der Waals surface area contributed by atoms with E-state index in [4.69, 9.17) is 4.74 Å². The molecule has 1 aliphatic heterocycles. The molecule has 0 aliphatic carbocycles. The van der Waals surface area contributed by atoms with E-state index in [0.29, 0.717) is 30.5 Å². The number of carbonyl (C=O) groups is 1. The van der Waals surface area contributed by atoms with E-state index in [0.717, 1.165) is 42.9 Å². The summed E-state index contributed by atoms with van der Waals surface area (Å²) in [6, 6.07) is 5.91. The number of hydrogen-bond acceptors (Lipinski definition) is 5. The fourth-order valence-corrected chi connectivity index (χ4v) is 4.74. The molecule has 1 saturated heterocycles. The highest BCUT2D eigenvalue weighted by Gasteiger charge is 2.29. The van der Waals surface area contributed by atoms with Crippen LogP contribution < -0.4 is 14.4 Å². The van der Waals surface area contributed by atoms with Crippen LogP contribution in [0.5, 0.6) is 5.75 Å². The van der Waals surface area contributed by atoms with Crippen LogP contribution in [0.2, 0.25) is 0 Å². The number of piperidine rings is 1. The van der Waals surface area contributed by atoms with Gasteiger partial charge in [-0.3, -0.25) is 9.10 Å². The first-order valence-electron chi connectivity index (χ1n) is 9.91. The summed E-state index contributed by atoms with van der Waals surface area (Å²) in [5, 5.41) is 2.91. The third-order valence-corrected chi connectivity index (χ3v) is 6.42. The Labute approximate surface area is 169 Å². The second-order valence-electron chi connectivity index (χ2n) is 7.49. The summed E-state index contributed by atoms with van der Waals surface area (Å²) >= 11 is 0. The largest absolute Gasteiger partial charge is 0.494 e. The highest BCUT2D eigenvalue weighted by molar-refractivity contribution is 7.92. The van der Waals surface area contributed by atoms with Crippen molar-refractivity contribution in [1.82, 2.24) is 10.2 Å². The van der Waals surface area contributed by atoms with Gasteiger partial charge in [-0.25, -0.2) is 8.42 Å². The molecule has 1 fully saturated rings. The zero-order valence-electron chi connectivity index (χ0n) is 17.3. The summed E-state index contributed by atoms with van der Waals surface area (Å²) in [5.74, 6) is 0.992. The van der Waals surface area contributed by atoms with Crippen LogP contribution >= 0.6 is 0 Å². The standard InChI is InChI=1S/C20H33N3O4S/c1-5-27-19-8-6-18(7-9-19)23(28(4,25)26)16(2)20(24)21-13-10-17-11-14-22(3)15-12-17/h6-9,16-17H,5,10-15H2,1-4H3,(H,21,24)/t16-/m0/s1. The van der Waals surface area contributed by atoms with Crippen molar-refractivity contribution in [2.45, 2.75) is 39.2 Å². The average molecular weight is 412 g/mol. The van der Waals surface area contributed by atoms with Crippen molar-refractivity contribution in [2.75, 3.05) is 43.8 Å². The molecular weight excluding hydrogens is 378 g/mol. The molecule has 158 valence electrons. The fourth-order valence-electron chi connectivity index (χ4n) is 3.56. The molecule has 8 heteroatoms. The first-order valence-corrected chi connectivity index (χ1v) is 11.8. The number of hydrogen-bond donors (Lipinski definition) is 1. The molecule has 0 saturated carbocycles. The predicted octanol–water partition coefficient (Wildman–Crippen LogP) is 2.09. The van der Waals surface area contributed by atoms with Gasteiger partial charge in [0.15, 0.2) is 0 Å². The maximum absolute atomic E-state index is 12.6. The lowest BCUT2D eigenvalue weighted by Crippen LogP contribution is -2.48. The molecule has 1 heterocycles. The first kappa shape index (κ1) is 22.5. The number of amides is 1. The van der Waals surface area contributed by atoms with Crippen LogP contribution in [0.3, 0.4) is 0 Å². The topological polar surface area (TPSA) is 79.0 Å². The molecule has 0 aromatic heterocycles. The van der Waals surface area contributed by atoms with Crippen molar-refractivity contribution >= 4 is 21.6 Å².